The van der Waals surface area contributed by atoms with Crippen molar-refractivity contribution in [1.82, 2.24) is 0 Å². The van der Waals surface area contributed by atoms with Gasteiger partial charge in [0, 0.05) is 12.8 Å². The maximum atomic E-state index is 13.3. The highest BCUT2D eigenvalue weighted by molar-refractivity contribution is 7.56. The van der Waals surface area contributed by atoms with Crippen molar-refractivity contribution in [2.45, 2.75) is 44.4 Å². The Bertz CT molecular complexity index is 605. The van der Waals surface area contributed by atoms with E-state index in [1.807, 2.05) is 30.3 Å². The molecule has 0 N–H and O–H groups in total. The Balaban J connectivity index is 2.29. The lowest BCUT2D eigenvalue weighted by Crippen LogP contribution is -2.35. The van der Waals surface area contributed by atoms with Crippen molar-refractivity contribution < 1.29 is 23.1 Å². The zero-order valence-corrected chi connectivity index (χ0v) is 15.2. The Kier molecular flexibility index (Phi) is 6.39. The zero-order valence-electron chi connectivity index (χ0n) is 14.3. The molecule has 1 aliphatic rings. The second kappa shape index (κ2) is 8.11. The van der Waals surface area contributed by atoms with Crippen LogP contribution in [0, 0.1) is 0 Å². The Morgan fingerprint density at radius 2 is 1.92 bits per heavy atom. The van der Waals surface area contributed by atoms with Crippen LogP contribution in [0.2, 0.25) is 0 Å². The second-order valence-electron chi connectivity index (χ2n) is 5.78. The molecule has 24 heavy (non-hydrogen) atoms. The molecule has 132 valence electrons. The van der Waals surface area contributed by atoms with Crippen molar-refractivity contribution in [3.05, 3.63) is 48.6 Å². The van der Waals surface area contributed by atoms with Crippen LogP contribution in [0.5, 0.6) is 0 Å². The minimum atomic E-state index is -3.66. The third-order valence-electron chi connectivity index (χ3n) is 4.13. The summed E-state index contributed by atoms with van der Waals surface area (Å²) >= 11 is 0. The first-order valence-electron chi connectivity index (χ1n) is 8.26. The molecule has 5 nitrogen and oxygen atoms in total. The van der Waals surface area contributed by atoms with Crippen molar-refractivity contribution >= 4 is 13.6 Å². The van der Waals surface area contributed by atoms with Gasteiger partial charge in [0.2, 0.25) is 0 Å². The molecule has 0 bridgehead atoms. The minimum absolute atomic E-state index is 0.201. The zero-order chi connectivity index (χ0) is 17.6. The lowest BCUT2D eigenvalue weighted by molar-refractivity contribution is -0.143. The molecule has 0 radical (unpaired) electrons. The molecule has 0 aromatic heterocycles. The number of esters is 1. The Labute approximate surface area is 143 Å². The largest absolute Gasteiger partial charge is 0.461 e. The fourth-order valence-electron chi connectivity index (χ4n) is 3.12. The fourth-order valence-corrected chi connectivity index (χ4v) is 5.42. The van der Waals surface area contributed by atoms with E-state index in [9.17, 15) is 9.36 Å². The normalized spacial score (nSPS) is 23.9. The first-order valence-corrected chi connectivity index (χ1v) is 9.80. The monoisotopic (exact) mass is 352 g/mol. The quantitative estimate of drug-likeness (QED) is 0.380. The molecule has 2 atom stereocenters. The van der Waals surface area contributed by atoms with Gasteiger partial charge < -0.3 is 13.8 Å². The topological polar surface area (TPSA) is 61.8 Å². The smallest absolute Gasteiger partial charge is 0.348 e. The third-order valence-corrected chi connectivity index (χ3v) is 6.92. The van der Waals surface area contributed by atoms with Crippen LogP contribution in [0.4, 0.5) is 0 Å². The second-order valence-corrected chi connectivity index (χ2v) is 8.15. The molecule has 0 spiro atoms. The first-order chi connectivity index (χ1) is 11.5. The first kappa shape index (κ1) is 18.9. The minimum Gasteiger partial charge on any atom is -0.461 e. The van der Waals surface area contributed by atoms with E-state index < -0.39 is 18.7 Å². The molecule has 0 aliphatic carbocycles. The summed E-state index contributed by atoms with van der Waals surface area (Å²) in [6, 6.07) is 9.77. The van der Waals surface area contributed by atoms with Gasteiger partial charge in [-0.25, -0.2) is 0 Å². The molecule has 1 fully saturated rings. The van der Waals surface area contributed by atoms with E-state index in [1.54, 1.807) is 19.9 Å². The Hall–Kier alpha value is -1.42. The van der Waals surface area contributed by atoms with Crippen molar-refractivity contribution in [2.75, 3.05) is 13.2 Å². The summed E-state index contributed by atoms with van der Waals surface area (Å²) < 4.78 is 29.8. The van der Waals surface area contributed by atoms with Crippen LogP contribution in [-0.4, -0.2) is 30.4 Å². The molecule has 1 heterocycles. The highest BCUT2D eigenvalue weighted by Gasteiger charge is 2.62. The van der Waals surface area contributed by atoms with Gasteiger partial charge in [0.15, 0.2) is 5.16 Å². The summed E-state index contributed by atoms with van der Waals surface area (Å²) in [5.74, 6) is -0.520. The lowest BCUT2D eigenvalue weighted by Gasteiger charge is -2.31. The van der Waals surface area contributed by atoms with Gasteiger partial charge in [-0.2, -0.15) is 0 Å². The maximum Gasteiger partial charge on any atom is 0.348 e. The summed E-state index contributed by atoms with van der Waals surface area (Å²) in [4.78, 5) is 12.7. The Morgan fingerprint density at radius 1 is 1.29 bits per heavy atom. The SMILES string of the molecule is C=CCC1(P(=O)(OCC)OCC)CC(Cc2ccccc2)OC1=O. The molecule has 1 aliphatic heterocycles. The number of carbonyl (C=O) groups is 1. The van der Waals surface area contributed by atoms with E-state index >= 15 is 0 Å². The molecule has 6 heteroatoms. The molecule has 1 aromatic rings. The van der Waals surface area contributed by atoms with Gasteiger partial charge in [-0.05, 0) is 25.8 Å². The van der Waals surface area contributed by atoms with Crippen LogP contribution in [-0.2, 0) is 29.6 Å². The summed E-state index contributed by atoms with van der Waals surface area (Å²) in [7, 11) is -3.66. The van der Waals surface area contributed by atoms with Crippen LogP contribution < -0.4 is 0 Å². The van der Waals surface area contributed by atoms with Crippen LogP contribution in [0.1, 0.15) is 32.3 Å². The number of hydrogen-bond donors (Lipinski definition) is 0. The van der Waals surface area contributed by atoms with Crippen molar-refractivity contribution in [2.24, 2.45) is 0 Å². The van der Waals surface area contributed by atoms with Crippen LogP contribution in [0.15, 0.2) is 43.0 Å². The number of allylic oxidation sites excluding steroid dienone is 1. The molecule has 2 rings (SSSR count). The van der Waals surface area contributed by atoms with Gasteiger partial charge in [0.1, 0.15) is 6.10 Å². The number of rotatable bonds is 9. The number of ether oxygens (including phenoxy) is 1. The predicted octanol–water partition coefficient (Wildman–Crippen LogP) is 4.13. The van der Waals surface area contributed by atoms with E-state index in [4.69, 9.17) is 13.8 Å². The maximum absolute atomic E-state index is 13.3. The summed E-state index contributed by atoms with van der Waals surface area (Å²) in [5, 5.41) is -1.31. The van der Waals surface area contributed by atoms with Crippen LogP contribution in [0.25, 0.3) is 0 Å². The number of carbonyl (C=O) groups excluding carboxylic acids is 1. The van der Waals surface area contributed by atoms with E-state index in [-0.39, 0.29) is 25.7 Å². The average molecular weight is 352 g/mol. The van der Waals surface area contributed by atoms with Crippen LogP contribution >= 0.6 is 7.60 Å². The molecule has 1 saturated heterocycles. The van der Waals surface area contributed by atoms with E-state index in [1.165, 1.54) is 0 Å². The standard InChI is InChI=1S/C18H25O5P/c1-4-12-18(24(20,21-5-2)22-6-3)14-16(23-17(18)19)13-15-10-8-7-9-11-15/h4,7-11,16H,1,5-6,12-14H2,2-3H3. The number of benzene rings is 1. The molecular weight excluding hydrogens is 327 g/mol. The highest BCUT2D eigenvalue weighted by Crippen LogP contribution is 2.66. The van der Waals surface area contributed by atoms with Crippen molar-refractivity contribution in [3.8, 4) is 0 Å². The van der Waals surface area contributed by atoms with Gasteiger partial charge >= 0.3 is 13.6 Å². The van der Waals surface area contributed by atoms with Crippen molar-refractivity contribution in [1.29, 1.82) is 0 Å². The van der Waals surface area contributed by atoms with Crippen LogP contribution in [0.3, 0.4) is 0 Å². The molecule has 2 unspecified atom stereocenters. The molecule has 1 aromatic carbocycles. The van der Waals surface area contributed by atoms with E-state index in [0.29, 0.717) is 12.8 Å². The lowest BCUT2D eigenvalue weighted by atomic mass is 9.96. The van der Waals surface area contributed by atoms with E-state index in [2.05, 4.69) is 6.58 Å². The third kappa shape index (κ3) is 3.64. The summed E-state index contributed by atoms with van der Waals surface area (Å²) in [6.45, 7) is 7.57. The van der Waals surface area contributed by atoms with E-state index in [0.717, 1.165) is 5.56 Å². The van der Waals surface area contributed by atoms with Gasteiger partial charge in [-0.1, -0.05) is 36.4 Å². The Morgan fingerprint density at radius 3 is 2.46 bits per heavy atom. The predicted molar refractivity (Wildman–Crippen MR) is 93.0 cm³/mol. The average Bonchev–Trinajstić information content (AvgIpc) is 2.86. The summed E-state index contributed by atoms with van der Waals surface area (Å²) in [5.41, 5.74) is 1.06. The number of cyclic esters (lactones) is 1. The van der Waals surface area contributed by atoms with Crippen molar-refractivity contribution in [3.63, 3.8) is 0 Å². The highest BCUT2D eigenvalue weighted by atomic mass is 31.2. The van der Waals surface area contributed by atoms with Gasteiger partial charge in [-0.15, -0.1) is 6.58 Å². The van der Waals surface area contributed by atoms with Gasteiger partial charge in [0.25, 0.3) is 0 Å². The molecule has 0 amide bonds. The molecular formula is C18H25O5P. The summed E-state index contributed by atoms with van der Waals surface area (Å²) in [6.07, 6.45) is 2.30. The van der Waals surface area contributed by atoms with Gasteiger partial charge in [-0.3, -0.25) is 9.36 Å². The van der Waals surface area contributed by atoms with Gasteiger partial charge in [0.05, 0.1) is 13.2 Å². The molecule has 0 saturated carbocycles. The fraction of sp³-hybridized carbons (Fsp3) is 0.500. The number of hydrogen-bond acceptors (Lipinski definition) is 5.